The number of hydrogen-bond donors (Lipinski definition) is 2. The SMILES string of the molecule is C=CCOc1ccccc1CNC(=NC)NC1CC1C.I. The smallest absolute Gasteiger partial charge is 0.191 e. The summed E-state index contributed by atoms with van der Waals surface area (Å²) >= 11 is 0. The van der Waals surface area contributed by atoms with Crippen molar-refractivity contribution in [1.29, 1.82) is 0 Å². The van der Waals surface area contributed by atoms with Crippen LogP contribution in [0.15, 0.2) is 41.9 Å². The molecule has 0 aromatic heterocycles. The molecule has 2 atom stereocenters. The molecule has 2 unspecified atom stereocenters. The molecule has 5 heteroatoms. The Labute approximate surface area is 144 Å². The molecule has 1 aromatic carbocycles. The predicted octanol–water partition coefficient (Wildman–Crippen LogP) is 2.94. The van der Waals surface area contributed by atoms with E-state index in [0.29, 0.717) is 19.2 Å². The first-order valence-electron chi connectivity index (χ1n) is 7.03. The molecule has 4 nitrogen and oxygen atoms in total. The quantitative estimate of drug-likeness (QED) is 0.334. The summed E-state index contributed by atoms with van der Waals surface area (Å²) in [4.78, 5) is 4.25. The summed E-state index contributed by atoms with van der Waals surface area (Å²) in [7, 11) is 1.79. The Kier molecular flexibility index (Phi) is 7.56. The Balaban J connectivity index is 0.00000220. The average Bonchev–Trinajstić information content (AvgIpc) is 3.17. The number of hydrogen-bond acceptors (Lipinski definition) is 2. The summed E-state index contributed by atoms with van der Waals surface area (Å²) in [6.45, 7) is 7.12. The van der Waals surface area contributed by atoms with Gasteiger partial charge < -0.3 is 15.4 Å². The fourth-order valence-corrected chi connectivity index (χ4v) is 2.01. The standard InChI is InChI=1S/C16H23N3O.HI/c1-4-9-20-15-8-6-5-7-13(15)11-18-16(17-3)19-14-10-12(14)2;/h4-8,12,14H,1,9-11H2,2-3H3,(H2,17,18,19);1H. The van der Waals surface area contributed by atoms with Crippen LogP contribution < -0.4 is 15.4 Å². The minimum absolute atomic E-state index is 0. The number of rotatable bonds is 6. The van der Waals surface area contributed by atoms with Gasteiger partial charge in [-0.3, -0.25) is 4.99 Å². The van der Waals surface area contributed by atoms with E-state index in [1.807, 2.05) is 18.2 Å². The lowest BCUT2D eigenvalue weighted by atomic mass is 10.2. The third-order valence-corrected chi connectivity index (χ3v) is 3.43. The molecule has 0 spiro atoms. The summed E-state index contributed by atoms with van der Waals surface area (Å²) in [6.07, 6.45) is 2.97. The van der Waals surface area contributed by atoms with Gasteiger partial charge in [-0.2, -0.15) is 0 Å². The van der Waals surface area contributed by atoms with Gasteiger partial charge in [0.2, 0.25) is 0 Å². The van der Waals surface area contributed by atoms with E-state index < -0.39 is 0 Å². The van der Waals surface area contributed by atoms with E-state index in [0.717, 1.165) is 23.2 Å². The number of nitrogens with zero attached hydrogens (tertiary/aromatic N) is 1. The molecule has 0 amide bonds. The second-order valence-electron chi connectivity index (χ2n) is 5.10. The van der Waals surface area contributed by atoms with Gasteiger partial charge in [-0.15, -0.1) is 24.0 Å². The zero-order valence-corrected chi connectivity index (χ0v) is 15.0. The van der Waals surface area contributed by atoms with E-state index in [-0.39, 0.29) is 24.0 Å². The number of benzene rings is 1. The number of halogens is 1. The lowest BCUT2D eigenvalue weighted by Gasteiger charge is -2.14. The van der Waals surface area contributed by atoms with E-state index in [9.17, 15) is 0 Å². The van der Waals surface area contributed by atoms with Crippen LogP contribution in [-0.2, 0) is 6.54 Å². The number of para-hydroxylation sites is 1. The minimum atomic E-state index is 0. The summed E-state index contributed by atoms with van der Waals surface area (Å²) in [5.41, 5.74) is 1.11. The Morgan fingerprint density at radius 3 is 2.81 bits per heavy atom. The number of nitrogens with one attached hydrogen (secondary N) is 2. The van der Waals surface area contributed by atoms with E-state index in [1.54, 1.807) is 13.1 Å². The van der Waals surface area contributed by atoms with Crippen molar-refractivity contribution in [3.63, 3.8) is 0 Å². The Morgan fingerprint density at radius 2 is 2.19 bits per heavy atom. The zero-order valence-electron chi connectivity index (χ0n) is 12.6. The lowest BCUT2D eigenvalue weighted by molar-refractivity contribution is 0.358. The zero-order chi connectivity index (χ0) is 14.4. The maximum Gasteiger partial charge on any atom is 0.191 e. The Morgan fingerprint density at radius 1 is 1.48 bits per heavy atom. The highest BCUT2D eigenvalue weighted by molar-refractivity contribution is 14.0. The van der Waals surface area contributed by atoms with Gasteiger partial charge in [-0.05, 0) is 18.4 Å². The van der Waals surface area contributed by atoms with Crippen LogP contribution in [0.4, 0.5) is 0 Å². The van der Waals surface area contributed by atoms with Gasteiger partial charge in [0.15, 0.2) is 5.96 Å². The van der Waals surface area contributed by atoms with Crippen LogP contribution in [-0.4, -0.2) is 25.7 Å². The van der Waals surface area contributed by atoms with Crippen LogP contribution in [0.2, 0.25) is 0 Å². The first-order chi connectivity index (χ1) is 9.74. The summed E-state index contributed by atoms with van der Waals surface area (Å²) in [5, 5.41) is 6.73. The van der Waals surface area contributed by atoms with Gasteiger partial charge in [0.1, 0.15) is 12.4 Å². The van der Waals surface area contributed by atoms with Gasteiger partial charge in [0.25, 0.3) is 0 Å². The van der Waals surface area contributed by atoms with Crippen LogP contribution in [0.1, 0.15) is 18.9 Å². The fraction of sp³-hybridized carbons (Fsp3) is 0.438. The highest BCUT2D eigenvalue weighted by atomic mass is 127. The van der Waals surface area contributed by atoms with Crippen LogP contribution in [0.25, 0.3) is 0 Å². The van der Waals surface area contributed by atoms with Crippen molar-refractivity contribution in [2.24, 2.45) is 10.9 Å². The topological polar surface area (TPSA) is 45.6 Å². The van der Waals surface area contributed by atoms with E-state index >= 15 is 0 Å². The summed E-state index contributed by atoms with van der Waals surface area (Å²) in [5.74, 6) is 2.48. The summed E-state index contributed by atoms with van der Waals surface area (Å²) in [6, 6.07) is 8.57. The van der Waals surface area contributed by atoms with Crippen LogP contribution in [0.3, 0.4) is 0 Å². The second-order valence-corrected chi connectivity index (χ2v) is 5.10. The predicted molar refractivity (Wildman–Crippen MR) is 98.5 cm³/mol. The van der Waals surface area contributed by atoms with Gasteiger partial charge in [0, 0.05) is 25.2 Å². The van der Waals surface area contributed by atoms with E-state index in [4.69, 9.17) is 4.74 Å². The maximum absolute atomic E-state index is 5.64. The van der Waals surface area contributed by atoms with Crippen molar-refractivity contribution in [2.45, 2.75) is 25.9 Å². The molecular weight excluding hydrogens is 377 g/mol. The molecule has 1 fully saturated rings. The van der Waals surface area contributed by atoms with Gasteiger partial charge in [0.05, 0.1) is 0 Å². The number of guanidine groups is 1. The molecule has 0 saturated heterocycles. The average molecular weight is 401 g/mol. The van der Waals surface area contributed by atoms with Gasteiger partial charge in [-0.25, -0.2) is 0 Å². The fourth-order valence-electron chi connectivity index (χ4n) is 2.01. The molecule has 1 aliphatic rings. The molecule has 21 heavy (non-hydrogen) atoms. The monoisotopic (exact) mass is 401 g/mol. The minimum Gasteiger partial charge on any atom is -0.489 e. The second kappa shape index (κ2) is 8.92. The third-order valence-electron chi connectivity index (χ3n) is 3.43. The number of ether oxygens (including phenoxy) is 1. The summed E-state index contributed by atoms with van der Waals surface area (Å²) < 4.78 is 5.64. The number of aliphatic imine (C=N–C) groups is 1. The van der Waals surface area contributed by atoms with Crippen molar-refractivity contribution in [3.8, 4) is 5.75 Å². The van der Waals surface area contributed by atoms with Crippen LogP contribution in [0.5, 0.6) is 5.75 Å². The highest BCUT2D eigenvalue weighted by Gasteiger charge is 2.33. The Bertz CT molecular complexity index is 490. The highest BCUT2D eigenvalue weighted by Crippen LogP contribution is 2.28. The lowest BCUT2D eigenvalue weighted by Crippen LogP contribution is -2.38. The van der Waals surface area contributed by atoms with Crippen molar-refractivity contribution >= 4 is 29.9 Å². The molecule has 2 rings (SSSR count). The molecular formula is C16H24IN3O. The molecule has 0 aliphatic heterocycles. The molecule has 1 saturated carbocycles. The normalized spacial score (nSPS) is 20.2. The van der Waals surface area contributed by atoms with Crippen molar-refractivity contribution in [3.05, 3.63) is 42.5 Å². The molecule has 2 N–H and O–H groups in total. The van der Waals surface area contributed by atoms with Crippen molar-refractivity contribution in [2.75, 3.05) is 13.7 Å². The third kappa shape index (κ3) is 5.57. The molecule has 1 aromatic rings. The van der Waals surface area contributed by atoms with Crippen molar-refractivity contribution in [1.82, 2.24) is 10.6 Å². The molecule has 0 radical (unpaired) electrons. The molecule has 0 bridgehead atoms. The molecule has 0 heterocycles. The maximum atomic E-state index is 5.64. The Hall–Kier alpha value is -1.24. The first-order valence-corrected chi connectivity index (χ1v) is 7.03. The van der Waals surface area contributed by atoms with Crippen LogP contribution in [0, 0.1) is 5.92 Å². The first kappa shape index (κ1) is 17.8. The van der Waals surface area contributed by atoms with E-state index in [1.165, 1.54) is 6.42 Å². The van der Waals surface area contributed by atoms with Crippen molar-refractivity contribution < 1.29 is 4.74 Å². The molecule has 116 valence electrons. The van der Waals surface area contributed by atoms with Gasteiger partial charge >= 0.3 is 0 Å². The van der Waals surface area contributed by atoms with E-state index in [2.05, 4.69) is 35.2 Å². The van der Waals surface area contributed by atoms with Gasteiger partial charge in [-0.1, -0.05) is 37.8 Å². The largest absolute Gasteiger partial charge is 0.489 e. The van der Waals surface area contributed by atoms with Crippen LogP contribution >= 0.6 is 24.0 Å². The molecule has 1 aliphatic carbocycles.